The van der Waals surface area contributed by atoms with E-state index in [1.54, 1.807) is 72.4 Å². The highest BCUT2D eigenvalue weighted by atomic mass is 19.4. The number of hydrazine groups is 1. The smallest absolute Gasteiger partial charge is 0.366 e. The van der Waals surface area contributed by atoms with Gasteiger partial charge in [0.2, 0.25) is 0 Å². The number of fused-ring (bicyclic) bond motifs is 2. The molecule has 4 heterocycles. The van der Waals surface area contributed by atoms with Gasteiger partial charge in [0, 0.05) is 29.9 Å². The zero-order chi connectivity index (χ0) is 21.0. The van der Waals surface area contributed by atoms with Crippen molar-refractivity contribution in [2.75, 3.05) is 0 Å². The third kappa shape index (κ3) is 2.85. The number of halogens is 3. The number of amides is 1. The van der Waals surface area contributed by atoms with Crippen LogP contribution in [-0.4, -0.2) is 38.7 Å². The number of hydrogen-bond donors (Lipinski definition) is 2. The molecule has 2 N–H and O–H groups in total. The molecule has 30 heavy (non-hydrogen) atoms. The first kappa shape index (κ1) is 18.7. The number of alkyl halides is 3. The average Bonchev–Trinajstić information content (AvgIpc) is 3.32. The highest BCUT2D eigenvalue weighted by Crippen LogP contribution is 2.42. The lowest BCUT2D eigenvalue weighted by Crippen LogP contribution is -2.54. The van der Waals surface area contributed by atoms with Crippen LogP contribution >= 0.6 is 0 Å². The Labute approximate surface area is 170 Å². The van der Waals surface area contributed by atoms with E-state index in [0.29, 0.717) is 28.0 Å². The van der Waals surface area contributed by atoms with Crippen molar-refractivity contribution in [3.63, 3.8) is 0 Å². The minimum atomic E-state index is -4.52. The molecular formula is C21H18F3N5O. The number of aromatic nitrogens is 2. The fourth-order valence-electron chi connectivity index (χ4n) is 4.30. The summed E-state index contributed by atoms with van der Waals surface area (Å²) in [5, 5.41) is 4.23. The maximum Gasteiger partial charge on any atom is 0.406 e. The lowest BCUT2D eigenvalue weighted by molar-refractivity contribution is -0.161. The van der Waals surface area contributed by atoms with Crippen LogP contribution in [0.4, 0.5) is 13.2 Å². The van der Waals surface area contributed by atoms with E-state index in [1.807, 2.05) is 0 Å². The van der Waals surface area contributed by atoms with Gasteiger partial charge in [-0.15, -0.1) is 0 Å². The minimum absolute atomic E-state index is 0.323. The lowest BCUT2D eigenvalue weighted by atomic mass is 9.88. The molecule has 2 aliphatic rings. The minimum Gasteiger partial charge on any atom is -0.366 e. The molecule has 6 nitrogen and oxygen atoms in total. The molecule has 0 saturated carbocycles. The van der Waals surface area contributed by atoms with Crippen LogP contribution in [0.3, 0.4) is 0 Å². The van der Waals surface area contributed by atoms with Crippen LogP contribution in [0.5, 0.6) is 0 Å². The van der Waals surface area contributed by atoms with Crippen molar-refractivity contribution < 1.29 is 18.0 Å². The van der Waals surface area contributed by atoms with Crippen molar-refractivity contribution in [1.82, 2.24) is 25.1 Å². The molecule has 1 saturated heterocycles. The van der Waals surface area contributed by atoms with Gasteiger partial charge in [-0.2, -0.15) is 13.2 Å². The molecule has 0 bridgehead atoms. The Balaban J connectivity index is 1.58. The number of carbonyl (C=O) groups is 1. The predicted molar refractivity (Wildman–Crippen MR) is 104 cm³/mol. The second-order valence-electron chi connectivity index (χ2n) is 7.46. The van der Waals surface area contributed by atoms with Crippen molar-refractivity contribution in [2.24, 2.45) is 0 Å². The lowest BCUT2D eigenvalue weighted by Gasteiger charge is -2.35. The Morgan fingerprint density at radius 1 is 1.10 bits per heavy atom. The van der Waals surface area contributed by atoms with Gasteiger partial charge in [0.05, 0.1) is 11.5 Å². The van der Waals surface area contributed by atoms with Gasteiger partial charge in [-0.3, -0.25) is 4.79 Å². The second kappa shape index (κ2) is 6.60. The Kier molecular flexibility index (Phi) is 4.11. The predicted octanol–water partition coefficient (Wildman–Crippen LogP) is 3.06. The first-order chi connectivity index (χ1) is 14.3. The van der Waals surface area contributed by atoms with Crippen molar-refractivity contribution >= 4 is 17.1 Å². The van der Waals surface area contributed by atoms with Gasteiger partial charge in [-0.1, -0.05) is 30.3 Å². The molecule has 3 aromatic rings. The maximum atomic E-state index is 13.9. The third-order valence-corrected chi connectivity index (χ3v) is 5.64. The number of benzene rings is 1. The van der Waals surface area contributed by atoms with Gasteiger partial charge >= 0.3 is 6.18 Å². The molecule has 5 rings (SSSR count). The molecule has 1 aromatic carbocycles. The summed E-state index contributed by atoms with van der Waals surface area (Å²) in [4.78, 5) is 17.5. The van der Waals surface area contributed by atoms with E-state index in [0.717, 1.165) is 5.01 Å². The van der Waals surface area contributed by atoms with Crippen LogP contribution < -0.4 is 10.7 Å². The highest BCUT2D eigenvalue weighted by Gasteiger charge is 2.57. The number of hydrogen-bond acceptors (Lipinski definition) is 4. The number of pyridine rings is 1. The van der Waals surface area contributed by atoms with Gasteiger partial charge in [-0.25, -0.2) is 15.4 Å². The molecule has 9 heteroatoms. The third-order valence-electron chi connectivity index (χ3n) is 5.64. The van der Waals surface area contributed by atoms with E-state index < -0.39 is 30.2 Å². The summed E-state index contributed by atoms with van der Waals surface area (Å²) in [7, 11) is 0. The van der Waals surface area contributed by atoms with Crippen molar-refractivity contribution in [3.05, 3.63) is 77.9 Å². The van der Waals surface area contributed by atoms with E-state index in [-0.39, 0.29) is 0 Å². The molecule has 3 unspecified atom stereocenters. The Morgan fingerprint density at radius 2 is 1.87 bits per heavy atom. The topological polar surface area (TPSA) is 61.7 Å². The van der Waals surface area contributed by atoms with Gasteiger partial charge in [0.15, 0.2) is 0 Å². The van der Waals surface area contributed by atoms with Crippen molar-refractivity contribution in [1.29, 1.82) is 0 Å². The summed E-state index contributed by atoms with van der Waals surface area (Å²) in [6, 6.07) is 10.1. The molecule has 2 aliphatic heterocycles. The molecule has 1 amide bonds. The monoisotopic (exact) mass is 413 g/mol. The zero-order valence-electron chi connectivity index (χ0n) is 15.9. The highest BCUT2D eigenvalue weighted by molar-refractivity contribution is 6.21. The van der Waals surface area contributed by atoms with Crippen LogP contribution in [0.1, 0.15) is 24.0 Å². The van der Waals surface area contributed by atoms with Gasteiger partial charge < -0.3 is 9.72 Å². The Bertz CT molecular complexity index is 1150. The molecule has 0 spiro atoms. The Hall–Kier alpha value is -3.33. The summed E-state index contributed by atoms with van der Waals surface area (Å²) >= 11 is 0. The fraction of sp³-hybridized carbons (Fsp3) is 0.238. The van der Waals surface area contributed by atoms with E-state index >= 15 is 0 Å². The van der Waals surface area contributed by atoms with Crippen molar-refractivity contribution in [3.8, 4) is 0 Å². The standard InChI is InChI=1S/C21H18F3N5O/c1-12-16(14-7-8-15-25-9-10-28(15)11-14)20(30)29-19(26-12)17(13-5-3-2-4-6-13)18(27-29)21(22,23)24/h2-11,17-19,26-27H,1H3. The molecule has 0 radical (unpaired) electrons. The molecule has 3 atom stereocenters. The van der Waals surface area contributed by atoms with Crippen LogP contribution in [-0.2, 0) is 4.79 Å². The Morgan fingerprint density at radius 3 is 2.60 bits per heavy atom. The van der Waals surface area contributed by atoms with Crippen LogP contribution in [0.2, 0.25) is 0 Å². The van der Waals surface area contributed by atoms with Crippen LogP contribution in [0, 0.1) is 0 Å². The number of nitrogens with zero attached hydrogens (tertiary/aromatic N) is 3. The average molecular weight is 413 g/mol. The van der Waals surface area contributed by atoms with E-state index in [2.05, 4.69) is 15.7 Å². The van der Waals surface area contributed by atoms with Crippen LogP contribution in [0.15, 0.2) is 66.8 Å². The van der Waals surface area contributed by atoms with Gasteiger partial charge in [0.25, 0.3) is 5.91 Å². The molecule has 154 valence electrons. The first-order valence-electron chi connectivity index (χ1n) is 9.46. The maximum absolute atomic E-state index is 13.9. The van der Waals surface area contributed by atoms with E-state index in [9.17, 15) is 18.0 Å². The summed E-state index contributed by atoms with van der Waals surface area (Å²) < 4.78 is 43.4. The molecule has 2 aromatic heterocycles. The van der Waals surface area contributed by atoms with Crippen LogP contribution in [0.25, 0.3) is 11.2 Å². The number of carbonyl (C=O) groups excluding carboxylic acids is 1. The summed E-state index contributed by atoms with van der Waals surface area (Å²) in [5.41, 5.74) is 5.11. The van der Waals surface area contributed by atoms with Gasteiger partial charge in [-0.05, 0) is 24.6 Å². The van der Waals surface area contributed by atoms with E-state index in [1.165, 1.54) is 0 Å². The van der Waals surface area contributed by atoms with Gasteiger partial charge in [0.1, 0.15) is 17.9 Å². The zero-order valence-corrected chi connectivity index (χ0v) is 15.9. The van der Waals surface area contributed by atoms with E-state index in [4.69, 9.17) is 0 Å². The summed E-state index contributed by atoms with van der Waals surface area (Å²) in [6.45, 7) is 1.71. The molecular weight excluding hydrogens is 395 g/mol. The van der Waals surface area contributed by atoms with Crippen molar-refractivity contribution in [2.45, 2.75) is 31.2 Å². The quantitative estimate of drug-likeness (QED) is 0.678. The largest absolute Gasteiger partial charge is 0.406 e. The molecule has 1 fully saturated rings. The number of rotatable bonds is 2. The second-order valence-corrected chi connectivity index (χ2v) is 7.46. The molecule has 0 aliphatic carbocycles. The first-order valence-corrected chi connectivity index (χ1v) is 9.46. The fourth-order valence-corrected chi connectivity index (χ4v) is 4.30. The number of imidazole rings is 1. The number of allylic oxidation sites excluding steroid dienone is 1. The number of nitrogens with one attached hydrogen (secondary N) is 2. The summed E-state index contributed by atoms with van der Waals surface area (Å²) in [5.74, 6) is -1.48. The normalized spacial score (nSPS) is 24.3. The summed E-state index contributed by atoms with van der Waals surface area (Å²) in [6.07, 6.45) is -0.251. The SMILES string of the molecule is CC1=C(c2ccc3nccn3c2)C(=O)N2NC(C(F)(F)F)C(c3ccccc3)C2N1.